The van der Waals surface area contributed by atoms with Crippen LogP contribution in [0.2, 0.25) is 0 Å². The molecule has 0 saturated heterocycles. The first-order chi connectivity index (χ1) is 6.59. The van der Waals surface area contributed by atoms with Crippen LogP contribution in [0, 0.1) is 5.41 Å². The van der Waals surface area contributed by atoms with Crippen molar-refractivity contribution in [1.82, 2.24) is 0 Å². The van der Waals surface area contributed by atoms with Gasteiger partial charge in [0.1, 0.15) is 0 Å². The van der Waals surface area contributed by atoms with Gasteiger partial charge in [-0.3, -0.25) is 4.79 Å². The molecule has 0 amide bonds. The largest absolute Gasteiger partial charge is 0.481 e. The normalized spacial score (nSPS) is 13.1. The Balaban J connectivity index is 4.17. The first-order valence-electron chi connectivity index (χ1n) is 5.04. The summed E-state index contributed by atoms with van der Waals surface area (Å²) in [5.74, 6) is -0.814. The summed E-state index contributed by atoms with van der Waals surface area (Å²) >= 11 is 0. The lowest BCUT2D eigenvalue weighted by atomic mass is 9.88. The van der Waals surface area contributed by atoms with E-state index in [4.69, 9.17) is 5.11 Å². The molecule has 0 spiro atoms. The highest BCUT2D eigenvalue weighted by molar-refractivity contribution is 7.91. The van der Waals surface area contributed by atoms with Crippen molar-refractivity contribution in [2.75, 3.05) is 5.75 Å². The molecule has 0 aliphatic heterocycles. The van der Waals surface area contributed by atoms with Gasteiger partial charge in [-0.1, -0.05) is 0 Å². The quantitative estimate of drug-likeness (QED) is 0.762. The number of carboxylic acid groups (broad SMARTS) is 1. The molecule has 0 atom stereocenters. The topological polar surface area (TPSA) is 71.4 Å². The molecule has 0 rings (SSSR count). The average Bonchev–Trinajstić information content (AvgIpc) is 2.02. The van der Waals surface area contributed by atoms with Crippen LogP contribution >= 0.6 is 0 Å². The molecule has 0 aromatic rings. The number of carbonyl (C=O) groups is 1. The molecule has 0 aromatic heterocycles. The van der Waals surface area contributed by atoms with Gasteiger partial charge in [-0.15, -0.1) is 0 Å². The van der Waals surface area contributed by atoms with Gasteiger partial charge in [-0.25, -0.2) is 8.42 Å². The van der Waals surface area contributed by atoms with Crippen molar-refractivity contribution in [2.24, 2.45) is 5.41 Å². The molecule has 15 heavy (non-hydrogen) atoms. The number of rotatable bonds is 6. The average molecular weight is 236 g/mol. The van der Waals surface area contributed by atoms with Crippen LogP contribution in [-0.4, -0.2) is 30.5 Å². The molecular weight excluding hydrogens is 216 g/mol. The lowest BCUT2D eigenvalue weighted by Crippen LogP contribution is -2.25. The van der Waals surface area contributed by atoms with Gasteiger partial charge in [0, 0.05) is 0 Å². The molecule has 4 nitrogen and oxygen atoms in total. The highest BCUT2D eigenvalue weighted by Crippen LogP contribution is 2.23. The minimum atomic E-state index is -3.04. The van der Waals surface area contributed by atoms with Gasteiger partial charge in [0.05, 0.1) is 16.4 Å². The summed E-state index contributed by atoms with van der Waals surface area (Å²) < 4.78 is 22.9. The Morgan fingerprint density at radius 1 is 1.33 bits per heavy atom. The maximum absolute atomic E-state index is 11.4. The van der Waals surface area contributed by atoms with E-state index in [1.807, 2.05) is 0 Å². The Bertz CT molecular complexity index is 314. The monoisotopic (exact) mass is 236 g/mol. The molecule has 0 radical (unpaired) electrons. The van der Waals surface area contributed by atoms with Gasteiger partial charge in [0.25, 0.3) is 0 Å². The lowest BCUT2D eigenvalue weighted by molar-refractivity contribution is -0.147. The summed E-state index contributed by atoms with van der Waals surface area (Å²) in [6, 6.07) is 0. The fraction of sp³-hybridized carbons (Fsp3) is 0.900. The Morgan fingerprint density at radius 3 is 2.13 bits per heavy atom. The second-order valence-electron chi connectivity index (χ2n) is 4.71. The van der Waals surface area contributed by atoms with Crippen LogP contribution in [0.15, 0.2) is 0 Å². The zero-order valence-corrected chi connectivity index (χ0v) is 10.6. The van der Waals surface area contributed by atoms with Gasteiger partial charge in [-0.05, 0) is 40.5 Å². The van der Waals surface area contributed by atoms with Crippen molar-refractivity contribution in [3.8, 4) is 0 Å². The summed E-state index contributed by atoms with van der Waals surface area (Å²) in [5.41, 5.74) is -0.841. The van der Waals surface area contributed by atoms with Crippen LogP contribution in [0.3, 0.4) is 0 Å². The molecule has 0 unspecified atom stereocenters. The van der Waals surface area contributed by atoms with Crippen molar-refractivity contribution in [3.63, 3.8) is 0 Å². The van der Waals surface area contributed by atoms with Crippen LogP contribution in [0.1, 0.15) is 40.5 Å². The number of hydrogen-bond acceptors (Lipinski definition) is 3. The number of sulfone groups is 1. The SMILES string of the molecule is CC(C)S(=O)(=O)CCCC(C)(C)C(=O)O. The van der Waals surface area contributed by atoms with E-state index in [1.54, 1.807) is 27.7 Å². The molecule has 5 heteroatoms. The van der Waals surface area contributed by atoms with Crippen molar-refractivity contribution in [1.29, 1.82) is 0 Å². The summed E-state index contributed by atoms with van der Waals surface area (Å²) in [5, 5.41) is 8.45. The van der Waals surface area contributed by atoms with Gasteiger partial charge in [-0.2, -0.15) is 0 Å². The van der Waals surface area contributed by atoms with E-state index in [9.17, 15) is 13.2 Å². The van der Waals surface area contributed by atoms with Gasteiger partial charge < -0.3 is 5.11 Å². The molecule has 0 fully saturated rings. The van der Waals surface area contributed by atoms with Crippen LogP contribution in [0.25, 0.3) is 0 Å². The molecule has 0 bridgehead atoms. The molecule has 0 aliphatic rings. The van der Waals surface area contributed by atoms with E-state index >= 15 is 0 Å². The standard InChI is InChI=1S/C10H20O4S/c1-8(2)15(13,14)7-5-6-10(3,4)9(11)12/h8H,5-7H2,1-4H3,(H,11,12). The molecule has 0 aliphatic carbocycles. The van der Waals surface area contributed by atoms with Crippen molar-refractivity contribution >= 4 is 15.8 Å². The summed E-state index contributed by atoms with van der Waals surface area (Å²) in [6.07, 6.45) is 0.786. The fourth-order valence-corrected chi connectivity index (χ4v) is 2.08. The maximum Gasteiger partial charge on any atom is 0.309 e. The Hall–Kier alpha value is -0.580. The minimum Gasteiger partial charge on any atom is -0.481 e. The molecular formula is C10H20O4S. The first-order valence-corrected chi connectivity index (χ1v) is 6.76. The van der Waals surface area contributed by atoms with E-state index in [0.717, 1.165) is 0 Å². The predicted molar refractivity (Wildman–Crippen MR) is 59.6 cm³/mol. The van der Waals surface area contributed by atoms with E-state index in [1.165, 1.54) is 0 Å². The fourth-order valence-electron chi connectivity index (χ4n) is 1.06. The third-order valence-electron chi connectivity index (χ3n) is 2.53. The number of hydrogen-bond donors (Lipinski definition) is 1. The van der Waals surface area contributed by atoms with Crippen molar-refractivity contribution in [3.05, 3.63) is 0 Å². The van der Waals surface area contributed by atoms with Gasteiger partial charge in [0.2, 0.25) is 0 Å². The second-order valence-corrected chi connectivity index (χ2v) is 7.39. The molecule has 0 aromatic carbocycles. The van der Waals surface area contributed by atoms with E-state index in [-0.39, 0.29) is 11.0 Å². The number of carboxylic acids is 1. The van der Waals surface area contributed by atoms with Gasteiger partial charge >= 0.3 is 5.97 Å². The van der Waals surface area contributed by atoms with Crippen LogP contribution in [-0.2, 0) is 14.6 Å². The third kappa shape index (κ3) is 4.64. The lowest BCUT2D eigenvalue weighted by Gasteiger charge is -2.18. The van der Waals surface area contributed by atoms with E-state index in [2.05, 4.69) is 0 Å². The van der Waals surface area contributed by atoms with Gasteiger partial charge in [0.15, 0.2) is 9.84 Å². The highest BCUT2D eigenvalue weighted by atomic mass is 32.2. The summed E-state index contributed by atoms with van der Waals surface area (Å²) in [4.78, 5) is 10.8. The predicted octanol–water partition coefficient (Wildman–Crippen LogP) is 1.70. The zero-order chi connectivity index (χ0) is 12.3. The molecule has 0 saturated carbocycles. The summed E-state index contributed by atoms with van der Waals surface area (Å²) in [7, 11) is -3.04. The van der Waals surface area contributed by atoms with E-state index in [0.29, 0.717) is 12.8 Å². The highest BCUT2D eigenvalue weighted by Gasteiger charge is 2.27. The molecule has 0 heterocycles. The summed E-state index contributed by atoms with van der Waals surface area (Å²) in [6.45, 7) is 6.49. The molecule has 90 valence electrons. The Morgan fingerprint density at radius 2 is 1.80 bits per heavy atom. The van der Waals surface area contributed by atoms with Crippen LogP contribution < -0.4 is 0 Å². The Labute approximate surface area is 91.6 Å². The van der Waals surface area contributed by atoms with Crippen LogP contribution in [0.4, 0.5) is 0 Å². The molecule has 1 N–H and O–H groups in total. The van der Waals surface area contributed by atoms with Crippen molar-refractivity contribution in [2.45, 2.75) is 45.8 Å². The zero-order valence-electron chi connectivity index (χ0n) is 9.78. The maximum atomic E-state index is 11.4. The number of aliphatic carboxylic acids is 1. The van der Waals surface area contributed by atoms with E-state index < -0.39 is 21.2 Å². The Kier molecular flexibility index (Phi) is 4.77. The van der Waals surface area contributed by atoms with Crippen LogP contribution in [0.5, 0.6) is 0 Å². The van der Waals surface area contributed by atoms with Crippen molar-refractivity contribution < 1.29 is 18.3 Å². The second kappa shape index (κ2) is 4.96. The third-order valence-corrected chi connectivity index (χ3v) is 4.82. The smallest absolute Gasteiger partial charge is 0.309 e. The minimum absolute atomic E-state index is 0.0708. The first kappa shape index (κ1) is 14.4.